The number of nitrogens with two attached hydrogens (primary N) is 1. The third kappa shape index (κ3) is 2.70. The summed E-state index contributed by atoms with van der Waals surface area (Å²) in [5, 5.41) is 8.66. The molecular weight excluding hydrogens is 281 g/mol. The van der Waals surface area contributed by atoms with Crippen LogP contribution in [-0.2, 0) is 10.0 Å². The Bertz CT molecular complexity index is 760. The van der Waals surface area contributed by atoms with Gasteiger partial charge in [-0.25, -0.2) is 12.8 Å². The van der Waals surface area contributed by atoms with Gasteiger partial charge in [0, 0.05) is 0 Å². The van der Waals surface area contributed by atoms with Crippen LogP contribution in [0.5, 0.6) is 0 Å². The zero-order valence-electron chi connectivity index (χ0n) is 10.2. The lowest BCUT2D eigenvalue weighted by Gasteiger charge is -2.11. The van der Waals surface area contributed by atoms with Crippen LogP contribution in [0.15, 0.2) is 47.4 Å². The Morgan fingerprint density at radius 2 is 1.80 bits per heavy atom. The van der Waals surface area contributed by atoms with E-state index in [9.17, 15) is 12.8 Å². The van der Waals surface area contributed by atoms with Crippen LogP contribution >= 0.6 is 0 Å². The Hall–Kier alpha value is -2.59. The molecule has 0 radical (unpaired) electrons. The van der Waals surface area contributed by atoms with Crippen molar-refractivity contribution in [2.75, 3.05) is 10.5 Å². The van der Waals surface area contributed by atoms with Crippen molar-refractivity contribution in [1.29, 1.82) is 5.26 Å². The van der Waals surface area contributed by atoms with Gasteiger partial charge in [0.2, 0.25) is 0 Å². The van der Waals surface area contributed by atoms with Gasteiger partial charge in [0.05, 0.1) is 22.2 Å². The van der Waals surface area contributed by atoms with Crippen molar-refractivity contribution in [3.05, 3.63) is 53.8 Å². The molecule has 3 N–H and O–H groups in total. The molecule has 0 amide bonds. The van der Waals surface area contributed by atoms with Crippen molar-refractivity contribution >= 4 is 21.4 Å². The van der Waals surface area contributed by atoms with E-state index in [4.69, 9.17) is 11.0 Å². The van der Waals surface area contributed by atoms with E-state index in [1.54, 1.807) is 0 Å². The summed E-state index contributed by atoms with van der Waals surface area (Å²) in [6.07, 6.45) is 0. The molecule has 2 aromatic carbocycles. The van der Waals surface area contributed by atoms with E-state index in [1.807, 2.05) is 6.07 Å². The van der Waals surface area contributed by atoms with E-state index in [-0.39, 0.29) is 16.3 Å². The highest BCUT2D eigenvalue weighted by Gasteiger charge is 2.17. The van der Waals surface area contributed by atoms with Crippen LogP contribution in [0.3, 0.4) is 0 Å². The van der Waals surface area contributed by atoms with Crippen molar-refractivity contribution in [1.82, 2.24) is 0 Å². The highest BCUT2D eigenvalue weighted by Crippen LogP contribution is 2.25. The van der Waals surface area contributed by atoms with E-state index in [2.05, 4.69) is 4.72 Å². The third-order valence-corrected chi connectivity index (χ3v) is 3.94. The first-order chi connectivity index (χ1) is 9.44. The average molecular weight is 291 g/mol. The maximum atomic E-state index is 13.6. The summed E-state index contributed by atoms with van der Waals surface area (Å²) >= 11 is 0. The molecule has 0 aromatic heterocycles. The second kappa shape index (κ2) is 5.19. The van der Waals surface area contributed by atoms with Crippen LogP contribution in [-0.4, -0.2) is 8.42 Å². The van der Waals surface area contributed by atoms with E-state index in [0.29, 0.717) is 5.56 Å². The van der Waals surface area contributed by atoms with Crippen LogP contribution < -0.4 is 10.5 Å². The number of rotatable bonds is 3. The van der Waals surface area contributed by atoms with Crippen molar-refractivity contribution in [3.8, 4) is 6.07 Å². The molecule has 5 nitrogen and oxygen atoms in total. The Labute approximate surface area is 115 Å². The Morgan fingerprint density at radius 3 is 2.35 bits per heavy atom. The van der Waals surface area contributed by atoms with Gasteiger partial charge in [-0.2, -0.15) is 5.26 Å². The minimum Gasteiger partial charge on any atom is -0.397 e. The summed E-state index contributed by atoms with van der Waals surface area (Å²) in [7, 11) is -3.96. The molecule has 0 aliphatic heterocycles. The predicted molar refractivity (Wildman–Crippen MR) is 72.8 cm³/mol. The maximum absolute atomic E-state index is 13.6. The molecule has 0 atom stereocenters. The lowest BCUT2D eigenvalue weighted by molar-refractivity contribution is 0.598. The van der Waals surface area contributed by atoms with Gasteiger partial charge >= 0.3 is 0 Å². The fourth-order valence-electron chi connectivity index (χ4n) is 1.55. The first kappa shape index (κ1) is 13.8. The molecule has 0 aliphatic carbocycles. The summed E-state index contributed by atoms with van der Waals surface area (Å²) in [6.45, 7) is 0. The SMILES string of the molecule is N#Cc1ccc(S(=O)(=O)Nc2c(N)cccc2F)cc1. The molecule has 0 fully saturated rings. The van der Waals surface area contributed by atoms with Crippen molar-refractivity contribution < 1.29 is 12.8 Å². The first-order valence-corrected chi connectivity index (χ1v) is 6.99. The summed E-state index contributed by atoms with van der Waals surface area (Å²) < 4.78 is 39.8. The minimum absolute atomic E-state index is 0.0118. The summed E-state index contributed by atoms with van der Waals surface area (Å²) in [6, 6.07) is 11.0. The monoisotopic (exact) mass is 291 g/mol. The molecule has 102 valence electrons. The number of sulfonamides is 1. The number of hydrogen-bond donors (Lipinski definition) is 2. The van der Waals surface area contributed by atoms with Crippen LogP contribution in [0.4, 0.5) is 15.8 Å². The molecule has 2 rings (SSSR count). The highest BCUT2D eigenvalue weighted by atomic mass is 32.2. The van der Waals surface area contributed by atoms with E-state index >= 15 is 0 Å². The lowest BCUT2D eigenvalue weighted by Crippen LogP contribution is -2.15. The Balaban J connectivity index is 2.38. The number of anilines is 2. The molecule has 0 spiro atoms. The number of para-hydroxylation sites is 1. The van der Waals surface area contributed by atoms with Gasteiger partial charge in [-0.15, -0.1) is 0 Å². The number of benzene rings is 2. The van der Waals surface area contributed by atoms with Gasteiger partial charge in [0.1, 0.15) is 11.5 Å². The van der Waals surface area contributed by atoms with Gasteiger partial charge in [0.25, 0.3) is 10.0 Å². The number of halogens is 1. The molecule has 0 heterocycles. The number of nitrogen functional groups attached to an aromatic ring is 1. The van der Waals surface area contributed by atoms with Crippen LogP contribution in [0.25, 0.3) is 0 Å². The summed E-state index contributed by atoms with van der Waals surface area (Å²) in [5.41, 5.74) is 5.56. The number of nitrogens with one attached hydrogen (secondary N) is 1. The highest BCUT2D eigenvalue weighted by molar-refractivity contribution is 7.92. The largest absolute Gasteiger partial charge is 0.397 e. The average Bonchev–Trinajstić information content (AvgIpc) is 2.43. The van der Waals surface area contributed by atoms with Gasteiger partial charge in [-0.3, -0.25) is 4.72 Å². The topological polar surface area (TPSA) is 96.0 Å². The van der Waals surface area contributed by atoms with Crippen molar-refractivity contribution in [2.24, 2.45) is 0 Å². The maximum Gasteiger partial charge on any atom is 0.262 e. The number of hydrogen-bond acceptors (Lipinski definition) is 4. The quantitative estimate of drug-likeness (QED) is 0.846. The zero-order valence-corrected chi connectivity index (χ0v) is 11.0. The molecule has 0 unspecified atom stereocenters. The van der Waals surface area contributed by atoms with Gasteiger partial charge in [-0.1, -0.05) is 6.07 Å². The predicted octanol–water partition coefficient (Wildman–Crippen LogP) is 2.08. The molecule has 0 saturated carbocycles. The molecule has 0 saturated heterocycles. The van der Waals surface area contributed by atoms with Crippen LogP contribution in [0.2, 0.25) is 0 Å². The Kier molecular flexibility index (Phi) is 3.59. The lowest BCUT2D eigenvalue weighted by atomic mass is 10.2. The second-order valence-electron chi connectivity index (χ2n) is 3.95. The molecule has 20 heavy (non-hydrogen) atoms. The zero-order chi connectivity index (χ0) is 14.8. The van der Waals surface area contributed by atoms with E-state index < -0.39 is 15.8 Å². The van der Waals surface area contributed by atoms with E-state index in [1.165, 1.54) is 36.4 Å². The Morgan fingerprint density at radius 1 is 1.15 bits per heavy atom. The molecule has 0 bridgehead atoms. The molecule has 2 aromatic rings. The smallest absolute Gasteiger partial charge is 0.262 e. The number of nitriles is 1. The van der Waals surface area contributed by atoms with Crippen molar-refractivity contribution in [2.45, 2.75) is 4.90 Å². The minimum atomic E-state index is -3.96. The van der Waals surface area contributed by atoms with Gasteiger partial charge in [-0.05, 0) is 36.4 Å². The normalized spacial score (nSPS) is 10.8. The fraction of sp³-hybridized carbons (Fsp3) is 0. The molecular formula is C13H10FN3O2S. The van der Waals surface area contributed by atoms with Gasteiger partial charge in [0.15, 0.2) is 0 Å². The third-order valence-electron chi connectivity index (χ3n) is 2.58. The van der Waals surface area contributed by atoms with E-state index in [0.717, 1.165) is 6.07 Å². The molecule has 0 aliphatic rings. The van der Waals surface area contributed by atoms with Crippen LogP contribution in [0, 0.1) is 17.1 Å². The first-order valence-electron chi connectivity index (χ1n) is 5.51. The van der Waals surface area contributed by atoms with Gasteiger partial charge < -0.3 is 5.73 Å². The molecule has 7 heteroatoms. The van der Waals surface area contributed by atoms with Crippen molar-refractivity contribution in [3.63, 3.8) is 0 Å². The second-order valence-corrected chi connectivity index (χ2v) is 5.63. The standard InChI is InChI=1S/C13H10FN3O2S/c14-11-2-1-3-12(16)13(11)17-20(18,19)10-6-4-9(8-15)5-7-10/h1-7,17H,16H2. The number of nitrogens with zero attached hydrogens (tertiary/aromatic N) is 1. The fourth-order valence-corrected chi connectivity index (χ4v) is 2.65. The summed E-state index contributed by atoms with van der Waals surface area (Å²) in [4.78, 5) is -0.0841. The van der Waals surface area contributed by atoms with Crippen LogP contribution in [0.1, 0.15) is 5.56 Å². The summed E-state index contributed by atoms with van der Waals surface area (Å²) in [5.74, 6) is -0.762.